The zero-order chi connectivity index (χ0) is 11.5. The molecule has 6 heteroatoms. The van der Waals surface area contributed by atoms with Gasteiger partial charge in [0.15, 0.2) is 11.6 Å². The number of anilines is 2. The lowest BCUT2D eigenvalue weighted by molar-refractivity contribution is 0.263. The van der Waals surface area contributed by atoms with Gasteiger partial charge in [-0.1, -0.05) is 0 Å². The van der Waals surface area contributed by atoms with Crippen molar-refractivity contribution in [3.63, 3.8) is 0 Å². The highest BCUT2D eigenvalue weighted by atomic mass is 19.1. The Kier molecular flexibility index (Phi) is 3.19. The van der Waals surface area contributed by atoms with Crippen molar-refractivity contribution in [2.24, 2.45) is 5.92 Å². The number of aromatic nitrogens is 2. The minimum atomic E-state index is -0.446. The van der Waals surface area contributed by atoms with E-state index in [-0.39, 0.29) is 18.4 Å². The average Bonchev–Trinajstić information content (AvgIpc) is 2.71. The molecule has 16 heavy (non-hydrogen) atoms. The lowest BCUT2D eigenvalue weighted by Gasteiger charge is -2.17. The summed E-state index contributed by atoms with van der Waals surface area (Å²) in [4.78, 5) is 9.35. The Morgan fingerprint density at radius 1 is 1.62 bits per heavy atom. The van der Waals surface area contributed by atoms with Crippen LogP contribution in [0.15, 0.2) is 6.20 Å². The third-order valence-electron chi connectivity index (χ3n) is 2.87. The van der Waals surface area contributed by atoms with E-state index in [1.165, 1.54) is 0 Å². The Labute approximate surface area is 93.1 Å². The van der Waals surface area contributed by atoms with Crippen LogP contribution in [0, 0.1) is 11.7 Å². The Hall–Kier alpha value is -1.43. The number of aliphatic hydroxyl groups excluding tert-OH is 1. The van der Waals surface area contributed by atoms with Gasteiger partial charge < -0.3 is 15.7 Å². The van der Waals surface area contributed by atoms with Crippen molar-refractivity contribution in [2.75, 3.05) is 30.3 Å². The van der Waals surface area contributed by atoms with Crippen molar-refractivity contribution in [1.29, 1.82) is 0 Å². The molecular weight excluding hydrogens is 211 g/mol. The smallest absolute Gasteiger partial charge is 0.222 e. The molecule has 0 saturated carbocycles. The predicted molar refractivity (Wildman–Crippen MR) is 58.4 cm³/mol. The van der Waals surface area contributed by atoms with Gasteiger partial charge >= 0.3 is 0 Å². The van der Waals surface area contributed by atoms with Crippen LogP contribution in [-0.2, 0) is 0 Å². The van der Waals surface area contributed by atoms with Crippen LogP contribution in [0.1, 0.15) is 12.8 Å². The van der Waals surface area contributed by atoms with Crippen molar-refractivity contribution in [2.45, 2.75) is 12.8 Å². The fourth-order valence-electron chi connectivity index (χ4n) is 2.04. The Morgan fingerprint density at radius 2 is 2.44 bits per heavy atom. The highest BCUT2D eigenvalue weighted by Crippen LogP contribution is 2.25. The first kappa shape index (κ1) is 11.1. The number of hydrogen-bond acceptors (Lipinski definition) is 5. The van der Waals surface area contributed by atoms with Crippen LogP contribution >= 0.6 is 0 Å². The zero-order valence-corrected chi connectivity index (χ0v) is 8.93. The summed E-state index contributed by atoms with van der Waals surface area (Å²) in [5.74, 6) is 0.314. The molecule has 2 heterocycles. The Bertz CT molecular complexity index is 374. The molecule has 1 aliphatic rings. The fraction of sp³-hybridized carbons (Fsp3) is 0.600. The van der Waals surface area contributed by atoms with Gasteiger partial charge in [0.05, 0.1) is 6.20 Å². The molecule has 1 fully saturated rings. The third-order valence-corrected chi connectivity index (χ3v) is 2.87. The summed E-state index contributed by atoms with van der Waals surface area (Å²) in [6, 6.07) is 0. The molecule has 1 aliphatic heterocycles. The first-order valence-electron chi connectivity index (χ1n) is 5.34. The van der Waals surface area contributed by atoms with Crippen molar-refractivity contribution in [3.8, 4) is 0 Å². The first-order valence-corrected chi connectivity index (χ1v) is 5.34. The molecule has 3 N–H and O–H groups in total. The molecule has 0 aliphatic carbocycles. The number of nitrogen functional groups attached to an aromatic ring is 1. The lowest BCUT2D eigenvalue weighted by atomic mass is 10.1. The van der Waals surface area contributed by atoms with E-state index in [1.807, 2.05) is 4.90 Å². The van der Waals surface area contributed by atoms with E-state index in [9.17, 15) is 4.39 Å². The molecule has 1 unspecified atom stereocenters. The van der Waals surface area contributed by atoms with Gasteiger partial charge in [-0.15, -0.1) is 0 Å². The lowest BCUT2D eigenvalue weighted by Crippen LogP contribution is -2.23. The molecule has 1 atom stereocenters. The maximum absolute atomic E-state index is 13.5. The molecule has 0 aromatic carbocycles. The summed E-state index contributed by atoms with van der Waals surface area (Å²) < 4.78 is 13.5. The monoisotopic (exact) mass is 226 g/mol. The highest BCUT2D eigenvalue weighted by molar-refractivity contribution is 5.43. The van der Waals surface area contributed by atoms with E-state index in [1.54, 1.807) is 0 Å². The van der Waals surface area contributed by atoms with E-state index >= 15 is 0 Å². The van der Waals surface area contributed by atoms with Crippen molar-refractivity contribution < 1.29 is 9.50 Å². The molecule has 0 spiro atoms. The maximum Gasteiger partial charge on any atom is 0.222 e. The van der Waals surface area contributed by atoms with E-state index in [0.29, 0.717) is 12.5 Å². The average molecular weight is 226 g/mol. The first-order chi connectivity index (χ1) is 7.70. The van der Waals surface area contributed by atoms with Crippen LogP contribution in [0.2, 0.25) is 0 Å². The Balaban J connectivity index is 2.11. The number of nitrogens with two attached hydrogens (primary N) is 1. The van der Waals surface area contributed by atoms with E-state index in [4.69, 9.17) is 10.8 Å². The van der Waals surface area contributed by atoms with E-state index in [0.717, 1.165) is 25.6 Å². The summed E-state index contributed by atoms with van der Waals surface area (Å²) in [5, 5.41) is 8.84. The van der Waals surface area contributed by atoms with Gasteiger partial charge in [0.2, 0.25) is 5.95 Å². The molecule has 1 aromatic rings. The van der Waals surface area contributed by atoms with Crippen LogP contribution in [0.25, 0.3) is 0 Å². The van der Waals surface area contributed by atoms with Gasteiger partial charge in [-0.05, 0) is 18.8 Å². The van der Waals surface area contributed by atoms with E-state index in [2.05, 4.69) is 9.97 Å². The third kappa shape index (κ3) is 2.21. The maximum atomic E-state index is 13.5. The molecule has 0 bridgehead atoms. The second-order valence-corrected chi connectivity index (χ2v) is 4.01. The normalized spacial score (nSPS) is 20.4. The summed E-state index contributed by atoms with van der Waals surface area (Å²) in [6.07, 6.45) is 2.79. The molecule has 1 saturated heterocycles. The van der Waals surface area contributed by atoms with E-state index < -0.39 is 5.82 Å². The molecule has 88 valence electrons. The largest absolute Gasteiger partial charge is 0.396 e. The molecule has 0 radical (unpaired) electrons. The van der Waals surface area contributed by atoms with Gasteiger partial charge in [0, 0.05) is 19.7 Å². The number of aliphatic hydroxyl groups is 1. The second-order valence-electron chi connectivity index (χ2n) is 4.01. The molecule has 2 rings (SSSR count). The number of nitrogens with zero attached hydrogens (tertiary/aromatic N) is 3. The fourth-order valence-corrected chi connectivity index (χ4v) is 2.04. The summed E-state index contributed by atoms with van der Waals surface area (Å²) in [6.45, 7) is 1.64. The second kappa shape index (κ2) is 4.61. The summed E-state index contributed by atoms with van der Waals surface area (Å²) >= 11 is 0. The quantitative estimate of drug-likeness (QED) is 0.780. The topological polar surface area (TPSA) is 75.3 Å². The van der Waals surface area contributed by atoms with Gasteiger partial charge in [0.25, 0.3) is 0 Å². The molecule has 0 amide bonds. The van der Waals surface area contributed by atoms with Crippen molar-refractivity contribution in [3.05, 3.63) is 12.0 Å². The van der Waals surface area contributed by atoms with Gasteiger partial charge in [-0.3, -0.25) is 0 Å². The zero-order valence-electron chi connectivity index (χ0n) is 8.93. The highest BCUT2D eigenvalue weighted by Gasteiger charge is 2.25. The number of rotatable bonds is 3. The van der Waals surface area contributed by atoms with Crippen molar-refractivity contribution >= 4 is 11.8 Å². The van der Waals surface area contributed by atoms with Crippen LogP contribution in [-0.4, -0.2) is 34.8 Å². The molecule has 1 aromatic heterocycles. The Morgan fingerprint density at radius 3 is 3.19 bits per heavy atom. The predicted octanol–water partition coefficient (Wildman–Crippen LogP) is 0.407. The minimum absolute atomic E-state index is 0.0852. The van der Waals surface area contributed by atoms with Crippen molar-refractivity contribution in [1.82, 2.24) is 9.97 Å². The summed E-state index contributed by atoms with van der Waals surface area (Å²) in [5.41, 5.74) is 5.43. The standard InChI is InChI=1S/C10H15FN4O/c11-8-5-13-10(12)14-9(8)15-3-1-7(6-15)2-4-16/h5,7,16H,1-4,6H2,(H2,12,13,14). The van der Waals surface area contributed by atoms with Crippen LogP contribution in [0.4, 0.5) is 16.2 Å². The van der Waals surface area contributed by atoms with Gasteiger partial charge in [-0.25, -0.2) is 9.37 Å². The minimum Gasteiger partial charge on any atom is -0.396 e. The van der Waals surface area contributed by atoms with Crippen LogP contribution < -0.4 is 10.6 Å². The molecule has 5 nitrogen and oxygen atoms in total. The summed E-state index contributed by atoms with van der Waals surface area (Å²) in [7, 11) is 0. The van der Waals surface area contributed by atoms with Crippen LogP contribution in [0.5, 0.6) is 0 Å². The number of hydrogen-bond donors (Lipinski definition) is 2. The van der Waals surface area contributed by atoms with Gasteiger partial charge in [-0.2, -0.15) is 4.98 Å². The van der Waals surface area contributed by atoms with Gasteiger partial charge in [0.1, 0.15) is 0 Å². The molecular formula is C10H15FN4O. The SMILES string of the molecule is Nc1ncc(F)c(N2CCC(CCO)C2)n1. The number of halogens is 1. The van der Waals surface area contributed by atoms with Crippen LogP contribution in [0.3, 0.4) is 0 Å².